The smallest absolute Gasteiger partial charge is 0.254 e. The zero-order chi connectivity index (χ0) is 13.0. The molecule has 0 spiro atoms. The van der Waals surface area contributed by atoms with Crippen LogP contribution in [0, 0.1) is 0 Å². The van der Waals surface area contributed by atoms with E-state index in [-0.39, 0.29) is 5.56 Å². The predicted octanol–water partition coefficient (Wildman–Crippen LogP) is 2.40. The molecule has 1 aromatic heterocycles. The standard InChI is InChI=1S/C14H16N2O2/c1-3-12-13(15-9-16-14(12)17)10-5-7-11(8-6-10)18-4-2/h5-9H,3-4H2,1-2H3,(H,15,16,17). The minimum atomic E-state index is -0.0728. The second-order valence-electron chi connectivity index (χ2n) is 3.87. The summed E-state index contributed by atoms with van der Waals surface area (Å²) in [5.41, 5.74) is 2.31. The lowest BCUT2D eigenvalue weighted by Crippen LogP contribution is -2.14. The van der Waals surface area contributed by atoms with Crippen LogP contribution in [0.3, 0.4) is 0 Å². The summed E-state index contributed by atoms with van der Waals surface area (Å²) in [7, 11) is 0. The molecule has 0 atom stereocenters. The molecule has 2 rings (SSSR count). The molecule has 0 saturated heterocycles. The third kappa shape index (κ3) is 2.42. The van der Waals surface area contributed by atoms with Gasteiger partial charge in [-0.25, -0.2) is 4.98 Å². The van der Waals surface area contributed by atoms with Gasteiger partial charge in [0.05, 0.1) is 18.6 Å². The fourth-order valence-electron chi connectivity index (χ4n) is 1.88. The summed E-state index contributed by atoms with van der Waals surface area (Å²) in [6.07, 6.45) is 2.10. The summed E-state index contributed by atoms with van der Waals surface area (Å²) in [5.74, 6) is 0.823. The zero-order valence-corrected chi connectivity index (χ0v) is 10.6. The van der Waals surface area contributed by atoms with Gasteiger partial charge < -0.3 is 9.72 Å². The number of nitrogens with one attached hydrogen (secondary N) is 1. The van der Waals surface area contributed by atoms with E-state index < -0.39 is 0 Å². The van der Waals surface area contributed by atoms with Crippen molar-refractivity contribution in [1.29, 1.82) is 0 Å². The minimum Gasteiger partial charge on any atom is -0.494 e. The van der Waals surface area contributed by atoms with E-state index in [1.807, 2.05) is 38.1 Å². The molecule has 4 nitrogen and oxygen atoms in total. The highest BCUT2D eigenvalue weighted by atomic mass is 16.5. The van der Waals surface area contributed by atoms with Crippen molar-refractivity contribution in [2.45, 2.75) is 20.3 Å². The molecular weight excluding hydrogens is 228 g/mol. The second kappa shape index (κ2) is 5.49. The Kier molecular flexibility index (Phi) is 3.77. The minimum absolute atomic E-state index is 0.0728. The number of aromatic amines is 1. The van der Waals surface area contributed by atoms with E-state index in [1.54, 1.807) is 0 Å². The molecule has 0 aliphatic carbocycles. The van der Waals surface area contributed by atoms with E-state index >= 15 is 0 Å². The predicted molar refractivity (Wildman–Crippen MR) is 70.8 cm³/mol. The Morgan fingerprint density at radius 3 is 2.56 bits per heavy atom. The number of H-pyrrole nitrogens is 1. The lowest BCUT2D eigenvalue weighted by atomic mass is 10.1. The molecule has 2 aromatic rings. The van der Waals surface area contributed by atoms with Crippen molar-refractivity contribution in [3.63, 3.8) is 0 Å². The maximum atomic E-state index is 11.7. The van der Waals surface area contributed by atoms with Crippen LogP contribution in [0.15, 0.2) is 35.4 Å². The van der Waals surface area contributed by atoms with Gasteiger partial charge in [0.15, 0.2) is 0 Å². The summed E-state index contributed by atoms with van der Waals surface area (Å²) in [4.78, 5) is 18.6. The van der Waals surface area contributed by atoms with Gasteiger partial charge in [-0.3, -0.25) is 4.79 Å². The van der Waals surface area contributed by atoms with Crippen molar-refractivity contribution >= 4 is 0 Å². The van der Waals surface area contributed by atoms with Gasteiger partial charge in [-0.15, -0.1) is 0 Å². The number of hydrogen-bond donors (Lipinski definition) is 1. The Balaban J connectivity index is 2.42. The topological polar surface area (TPSA) is 55.0 Å². The van der Waals surface area contributed by atoms with Crippen LogP contribution in [0.25, 0.3) is 11.3 Å². The van der Waals surface area contributed by atoms with Gasteiger partial charge in [0.25, 0.3) is 5.56 Å². The second-order valence-corrected chi connectivity index (χ2v) is 3.87. The molecule has 0 bridgehead atoms. The van der Waals surface area contributed by atoms with Crippen molar-refractivity contribution in [3.8, 4) is 17.0 Å². The van der Waals surface area contributed by atoms with Gasteiger partial charge >= 0.3 is 0 Å². The van der Waals surface area contributed by atoms with Crippen molar-refractivity contribution in [2.75, 3.05) is 6.61 Å². The Morgan fingerprint density at radius 2 is 1.94 bits per heavy atom. The van der Waals surface area contributed by atoms with Crippen molar-refractivity contribution in [3.05, 3.63) is 46.5 Å². The maximum Gasteiger partial charge on any atom is 0.254 e. The molecule has 94 valence electrons. The van der Waals surface area contributed by atoms with Gasteiger partial charge in [0, 0.05) is 11.1 Å². The average Bonchev–Trinajstić information content (AvgIpc) is 2.40. The SMILES string of the molecule is CCOc1ccc(-c2nc[nH]c(=O)c2CC)cc1. The van der Waals surface area contributed by atoms with Gasteiger partial charge in [0.2, 0.25) is 0 Å². The fraction of sp³-hybridized carbons (Fsp3) is 0.286. The maximum absolute atomic E-state index is 11.7. The highest BCUT2D eigenvalue weighted by molar-refractivity contribution is 5.63. The number of hydrogen-bond acceptors (Lipinski definition) is 3. The number of benzene rings is 1. The first-order chi connectivity index (χ1) is 8.76. The third-order valence-electron chi connectivity index (χ3n) is 2.74. The summed E-state index contributed by atoms with van der Waals surface area (Å²) < 4.78 is 5.39. The number of ether oxygens (including phenoxy) is 1. The first-order valence-electron chi connectivity index (χ1n) is 6.06. The summed E-state index contributed by atoms with van der Waals surface area (Å²) >= 11 is 0. The molecule has 4 heteroatoms. The van der Waals surface area contributed by atoms with Crippen molar-refractivity contribution in [2.24, 2.45) is 0 Å². The fourth-order valence-corrected chi connectivity index (χ4v) is 1.88. The molecule has 0 amide bonds. The summed E-state index contributed by atoms with van der Waals surface area (Å²) in [6.45, 7) is 4.54. The van der Waals surface area contributed by atoms with Gasteiger partial charge in [0.1, 0.15) is 5.75 Å². The van der Waals surface area contributed by atoms with Crippen LogP contribution in [0.1, 0.15) is 19.4 Å². The molecule has 18 heavy (non-hydrogen) atoms. The van der Waals surface area contributed by atoms with E-state index in [9.17, 15) is 4.79 Å². The summed E-state index contributed by atoms with van der Waals surface area (Å²) in [5, 5.41) is 0. The monoisotopic (exact) mass is 244 g/mol. The molecule has 0 saturated carbocycles. The molecule has 0 aliphatic heterocycles. The molecule has 1 aromatic carbocycles. The third-order valence-corrected chi connectivity index (χ3v) is 2.74. The first kappa shape index (κ1) is 12.4. The molecule has 0 unspecified atom stereocenters. The summed E-state index contributed by atoms with van der Waals surface area (Å²) in [6, 6.07) is 7.63. The van der Waals surface area contributed by atoms with Crippen molar-refractivity contribution < 1.29 is 4.74 Å². The van der Waals surface area contributed by atoms with Gasteiger partial charge in [-0.1, -0.05) is 6.92 Å². The van der Waals surface area contributed by atoms with Crippen LogP contribution in [0.2, 0.25) is 0 Å². The van der Waals surface area contributed by atoms with Crippen LogP contribution in [0.5, 0.6) is 5.75 Å². The molecule has 0 fully saturated rings. The lowest BCUT2D eigenvalue weighted by Gasteiger charge is -2.07. The molecular formula is C14H16N2O2. The van der Waals surface area contributed by atoms with E-state index in [4.69, 9.17) is 4.74 Å². The Bertz CT molecular complexity index is 573. The van der Waals surface area contributed by atoms with E-state index in [0.29, 0.717) is 18.6 Å². The first-order valence-corrected chi connectivity index (χ1v) is 6.06. The molecule has 1 heterocycles. The van der Waals surface area contributed by atoms with E-state index in [2.05, 4.69) is 9.97 Å². The van der Waals surface area contributed by atoms with Crippen LogP contribution in [-0.4, -0.2) is 16.6 Å². The largest absolute Gasteiger partial charge is 0.494 e. The van der Waals surface area contributed by atoms with E-state index in [1.165, 1.54) is 6.33 Å². The van der Waals surface area contributed by atoms with Crippen LogP contribution in [-0.2, 0) is 6.42 Å². The quantitative estimate of drug-likeness (QED) is 0.898. The normalized spacial score (nSPS) is 10.3. The van der Waals surface area contributed by atoms with Gasteiger partial charge in [-0.05, 0) is 37.6 Å². The highest BCUT2D eigenvalue weighted by Crippen LogP contribution is 2.22. The van der Waals surface area contributed by atoms with Crippen LogP contribution < -0.4 is 10.3 Å². The van der Waals surface area contributed by atoms with Crippen LogP contribution >= 0.6 is 0 Å². The number of aromatic nitrogens is 2. The average molecular weight is 244 g/mol. The number of rotatable bonds is 4. The van der Waals surface area contributed by atoms with E-state index in [0.717, 1.165) is 17.0 Å². The Morgan fingerprint density at radius 1 is 1.22 bits per heavy atom. The zero-order valence-electron chi connectivity index (χ0n) is 10.6. The van der Waals surface area contributed by atoms with Gasteiger partial charge in [-0.2, -0.15) is 0 Å². The van der Waals surface area contributed by atoms with Crippen LogP contribution in [0.4, 0.5) is 0 Å². The molecule has 0 aliphatic rings. The van der Waals surface area contributed by atoms with Crippen molar-refractivity contribution in [1.82, 2.24) is 9.97 Å². The number of nitrogens with zero attached hydrogens (tertiary/aromatic N) is 1. The molecule has 1 N–H and O–H groups in total. The highest BCUT2D eigenvalue weighted by Gasteiger charge is 2.08. The lowest BCUT2D eigenvalue weighted by molar-refractivity contribution is 0.340. The molecule has 0 radical (unpaired) electrons. The Labute approximate surface area is 106 Å². The Hall–Kier alpha value is -2.10.